The van der Waals surface area contributed by atoms with Gasteiger partial charge in [-0.25, -0.2) is 0 Å². The minimum Gasteiger partial charge on any atom is -0.492 e. The molecule has 0 bridgehead atoms. The molecular weight excluding hydrogens is 378 g/mol. The average Bonchev–Trinajstić information content (AvgIpc) is 3.07. The fourth-order valence-electron chi connectivity index (χ4n) is 3.86. The van der Waals surface area contributed by atoms with Gasteiger partial charge in [-0.15, -0.1) is 0 Å². The van der Waals surface area contributed by atoms with Gasteiger partial charge in [-0.3, -0.25) is 9.59 Å². The first kappa shape index (κ1) is 18.3. The number of carbonyl (C=O) groups excluding carboxylic acids is 2. The van der Waals surface area contributed by atoms with Crippen LogP contribution in [0.2, 0.25) is 5.02 Å². The van der Waals surface area contributed by atoms with Crippen LogP contribution in [0.1, 0.15) is 24.0 Å². The lowest BCUT2D eigenvalue weighted by Crippen LogP contribution is -2.49. The van der Waals surface area contributed by atoms with E-state index in [1.54, 1.807) is 41.3 Å². The van der Waals surface area contributed by atoms with Gasteiger partial charge in [-0.1, -0.05) is 17.7 Å². The summed E-state index contributed by atoms with van der Waals surface area (Å²) < 4.78 is 5.82. The van der Waals surface area contributed by atoms with Crippen LogP contribution < -0.4 is 10.1 Å². The molecule has 2 aliphatic rings. The van der Waals surface area contributed by atoms with Crippen LogP contribution in [-0.2, 0) is 15.0 Å². The Morgan fingerprint density at radius 2 is 1.86 bits per heavy atom. The molecule has 0 saturated carbocycles. The molecule has 1 N–H and O–H groups in total. The van der Waals surface area contributed by atoms with Crippen LogP contribution in [0.15, 0.2) is 42.5 Å². The van der Waals surface area contributed by atoms with Crippen molar-refractivity contribution in [3.8, 4) is 11.8 Å². The number of rotatable bonds is 1. The molecule has 6 nitrogen and oxygen atoms in total. The number of amides is 2. The van der Waals surface area contributed by atoms with E-state index >= 15 is 0 Å². The highest BCUT2D eigenvalue weighted by atomic mass is 35.5. The standard InChI is InChI=1S/C21H18ClN3O3/c22-15-2-4-16(5-3-15)24-19(26)20(27)25-9-7-21(8-10-25)13-28-18-11-14(12-23)1-6-17(18)21/h1-6,11H,7-10,13H2,(H,24,26). The van der Waals surface area contributed by atoms with Gasteiger partial charge in [0.1, 0.15) is 5.75 Å². The van der Waals surface area contributed by atoms with Gasteiger partial charge in [0.15, 0.2) is 0 Å². The van der Waals surface area contributed by atoms with Gasteiger partial charge in [0.05, 0.1) is 18.2 Å². The van der Waals surface area contributed by atoms with Crippen LogP contribution in [0, 0.1) is 11.3 Å². The summed E-state index contributed by atoms with van der Waals surface area (Å²) in [7, 11) is 0. The molecule has 0 atom stereocenters. The number of ether oxygens (including phenoxy) is 1. The summed E-state index contributed by atoms with van der Waals surface area (Å²) in [5.41, 5.74) is 2.03. The predicted molar refractivity (Wildman–Crippen MR) is 104 cm³/mol. The number of likely N-dealkylation sites (tertiary alicyclic amines) is 1. The lowest BCUT2D eigenvalue weighted by molar-refractivity contribution is -0.144. The van der Waals surface area contributed by atoms with E-state index < -0.39 is 11.8 Å². The predicted octanol–water partition coefficient (Wildman–Crippen LogP) is 3.10. The number of piperidine rings is 1. The first-order chi connectivity index (χ1) is 13.5. The van der Waals surface area contributed by atoms with Gasteiger partial charge >= 0.3 is 11.8 Å². The second-order valence-corrected chi connectivity index (χ2v) is 7.58. The quantitative estimate of drug-likeness (QED) is 0.752. The maximum absolute atomic E-state index is 12.5. The highest BCUT2D eigenvalue weighted by molar-refractivity contribution is 6.39. The van der Waals surface area contributed by atoms with Gasteiger partial charge in [0.2, 0.25) is 0 Å². The fourth-order valence-corrected chi connectivity index (χ4v) is 3.98. The molecule has 4 rings (SSSR count). The Kier molecular flexibility index (Phi) is 4.70. The van der Waals surface area contributed by atoms with Gasteiger partial charge in [-0.05, 0) is 49.2 Å². The van der Waals surface area contributed by atoms with Gasteiger partial charge in [0, 0.05) is 34.8 Å². The van der Waals surface area contributed by atoms with Crippen LogP contribution in [0.5, 0.6) is 5.75 Å². The number of carbonyl (C=O) groups is 2. The molecule has 2 amide bonds. The number of nitrogens with one attached hydrogen (secondary N) is 1. The second-order valence-electron chi connectivity index (χ2n) is 7.14. The number of benzene rings is 2. The van der Waals surface area contributed by atoms with Crippen LogP contribution >= 0.6 is 11.6 Å². The maximum atomic E-state index is 12.5. The summed E-state index contributed by atoms with van der Waals surface area (Å²) in [5.74, 6) is -0.442. The minimum atomic E-state index is -0.653. The molecule has 28 heavy (non-hydrogen) atoms. The topological polar surface area (TPSA) is 82.4 Å². The number of anilines is 1. The third kappa shape index (κ3) is 3.30. The van der Waals surface area contributed by atoms with Gasteiger partial charge in [0.25, 0.3) is 0 Å². The Morgan fingerprint density at radius 1 is 1.14 bits per heavy atom. The van der Waals surface area contributed by atoms with E-state index in [1.807, 2.05) is 6.07 Å². The van der Waals surface area contributed by atoms with Crippen molar-refractivity contribution >= 4 is 29.1 Å². The lowest BCUT2D eigenvalue weighted by Gasteiger charge is -2.38. The second kappa shape index (κ2) is 7.17. The van der Waals surface area contributed by atoms with Crippen molar-refractivity contribution in [2.45, 2.75) is 18.3 Å². The summed E-state index contributed by atoms with van der Waals surface area (Å²) in [5, 5.41) is 12.2. The summed E-state index contributed by atoms with van der Waals surface area (Å²) in [6.07, 6.45) is 1.43. The van der Waals surface area contributed by atoms with E-state index in [-0.39, 0.29) is 5.41 Å². The maximum Gasteiger partial charge on any atom is 0.313 e. The number of nitrogens with zero attached hydrogens (tertiary/aromatic N) is 2. The molecule has 7 heteroatoms. The van der Waals surface area contributed by atoms with E-state index in [2.05, 4.69) is 11.4 Å². The van der Waals surface area contributed by atoms with Crippen LogP contribution in [0.3, 0.4) is 0 Å². The Hall–Kier alpha value is -3.04. The zero-order valence-corrected chi connectivity index (χ0v) is 15.8. The lowest BCUT2D eigenvalue weighted by atomic mass is 9.74. The van der Waals surface area contributed by atoms with Crippen LogP contribution in [0.4, 0.5) is 5.69 Å². The third-order valence-corrected chi connectivity index (χ3v) is 5.74. The molecule has 0 unspecified atom stereocenters. The first-order valence-corrected chi connectivity index (χ1v) is 9.42. The summed E-state index contributed by atoms with van der Waals surface area (Å²) in [4.78, 5) is 26.4. The third-order valence-electron chi connectivity index (χ3n) is 5.49. The number of hydrogen-bond donors (Lipinski definition) is 1. The van der Waals surface area contributed by atoms with E-state index in [4.69, 9.17) is 21.6 Å². The SMILES string of the molecule is N#Cc1ccc2c(c1)OCC21CCN(C(=O)C(=O)Nc2ccc(Cl)cc2)CC1. The molecule has 0 radical (unpaired) electrons. The van der Waals surface area contributed by atoms with Crippen molar-refractivity contribution in [1.82, 2.24) is 4.90 Å². The zero-order valence-electron chi connectivity index (χ0n) is 15.1. The molecule has 2 heterocycles. The highest BCUT2D eigenvalue weighted by Crippen LogP contribution is 2.45. The molecule has 2 aliphatic heterocycles. The molecule has 1 spiro atoms. The molecule has 1 saturated heterocycles. The van der Waals surface area contributed by atoms with E-state index in [0.717, 1.165) is 11.3 Å². The number of hydrogen-bond acceptors (Lipinski definition) is 4. The van der Waals surface area contributed by atoms with Crippen LogP contribution in [0.25, 0.3) is 0 Å². The molecule has 142 valence electrons. The monoisotopic (exact) mass is 395 g/mol. The number of fused-ring (bicyclic) bond motifs is 2. The number of halogens is 1. The Balaban J connectivity index is 1.41. The molecule has 0 aliphatic carbocycles. The van der Waals surface area contributed by atoms with Crippen molar-refractivity contribution in [1.29, 1.82) is 5.26 Å². The molecule has 2 aromatic rings. The summed E-state index contributed by atoms with van der Waals surface area (Å²) in [6, 6.07) is 14.3. The molecule has 0 aromatic heterocycles. The van der Waals surface area contributed by atoms with Crippen LogP contribution in [-0.4, -0.2) is 36.4 Å². The van der Waals surface area contributed by atoms with Crippen molar-refractivity contribution in [2.24, 2.45) is 0 Å². The highest BCUT2D eigenvalue weighted by Gasteiger charge is 2.44. The summed E-state index contributed by atoms with van der Waals surface area (Å²) in [6.45, 7) is 1.50. The van der Waals surface area contributed by atoms with Crippen molar-refractivity contribution < 1.29 is 14.3 Å². The minimum absolute atomic E-state index is 0.160. The molecule has 2 aromatic carbocycles. The Bertz CT molecular complexity index is 973. The zero-order chi connectivity index (χ0) is 19.7. The Morgan fingerprint density at radius 3 is 2.54 bits per heavy atom. The van der Waals surface area contributed by atoms with Crippen molar-refractivity contribution in [3.63, 3.8) is 0 Å². The van der Waals surface area contributed by atoms with Crippen molar-refractivity contribution in [2.75, 3.05) is 25.0 Å². The fraction of sp³-hybridized carbons (Fsp3) is 0.286. The largest absolute Gasteiger partial charge is 0.492 e. The molecular formula is C21H18ClN3O3. The molecule has 1 fully saturated rings. The smallest absolute Gasteiger partial charge is 0.313 e. The first-order valence-electron chi connectivity index (χ1n) is 9.04. The average molecular weight is 396 g/mol. The van der Waals surface area contributed by atoms with E-state index in [1.165, 1.54) is 0 Å². The number of nitriles is 1. The van der Waals surface area contributed by atoms with E-state index in [9.17, 15) is 9.59 Å². The Labute approximate surface area is 167 Å². The van der Waals surface area contributed by atoms with Gasteiger partial charge in [-0.2, -0.15) is 5.26 Å². The van der Waals surface area contributed by atoms with Gasteiger partial charge < -0.3 is 15.0 Å². The van der Waals surface area contributed by atoms with Crippen molar-refractivity contribution in [3.05, 3.63) is 58.6 Å². The normalized spacial score (nSPS) is 16.8. The van der Waals surface area contributed by atoms with E-state index in [0.29, 0.717) is 48.8 Å². The summed E-state index contributed by atoms with van der Waals surface area (Å²) >= 11 is 5.83.